The molecule has 3 aromatic heterocycles. The maximum absolute atomic E-state index is 6.64. The first kappa shape index (κ1) is 34.9. The second kappa shape index (κ2) is 14.5. The first-order chi connectivity index (χ1) is 23.3. The predicted octanol–water partition coefficient (Wildman–Crippen LogP) is 11.3. The van der Waals surface area contributed by atoms with Gasteiger partial charge in [-0.1, -0.05) is 76.4 Å². The summed E-state index contributed by atoms with van der Waals surface area (Å²) >= 11 is 0. The van der Waals surface area contributed by atoms with Crippen molar-refractivity contribution in [2.75, 3.05) is 0 Å². The Labute approximate surface area is 305 Å². The molecule has 1 unspecified atom stereocenters. The van der Waals surface area contributed by atoms with E-state index in [1.807, 2.05) is 12.3 Å². The molecule has 254 valence electrons. The minimum Gasteiger partial charge on any atom is -0.509 e. The van der Waals surface area contributed by atoms with Crippen LogP contribution in [0.3, 0.4) is 0 Å². The van der Waals surface area contributed by atoms with Crippen LogP contribution in [0, 0.1) is 31.9 Å². The van der Waals surface area contributed by atoms with Crippen molar-refractivity contribution in [3.63, 3.8) is 0 Å². The zero-order valence-corrected chi connectivity index (χ0v) is 32.0. The monoisotopic (exact) mass is 829 g/mol. The minimum absolute atomic E-state index is 0. The number of allylic oxidation sites excluding steroid dienone is 2. The number of pyridine rings is 1. The minimum atomic E-state index is 0. The van der Waals surface area contributed by atoms with Crippen LogP contribution in [0.2, 0.25) is 0 Å². The molecule has 0 bridgehead atoms. The molecule has 0 spiro atoms. The Balaban J connectivity index is 0.00000417. The molecule has 49 heavy (non-hydrogen) atoms. The van der Waals surface area contributed by atoms with Crippen LogP contribution in [0.15, 0.2) is 78.5 Å². The third-order valence-corrected chi connectivity index (χ3v) is 10.4. The van der Waals surface area contributed by atoms with Crippen molar-refractivity contribution in [3.8, 4) is 23.0 Å². The Kier molecular flexibility index (Phi) is 10.3. The standard InChI is InChI=1S/C43H46N4O.Pt/c1-8-30-20-21-44-41(22-30)46-39-17-12-11-16-37(39)38-19-18-35(26-40(38)46)48-36-24-33(27(4)5)23-34(25-36)47-29(7)42(28(6)45-47)43-31(9-2)14-13-15-32(43)10-3;/h11-12,14,16-24,27,32,43H,8-10,13,15H2,1-7H3;/q-2;+2/t32-,43?;/m0./s1. The molecule has 0 radical (unpaired) electrons. The molecule has 2 atom stereocenters. The molecular weight excluding hydrogens is 784 g/mol. The third-order valence-electron chi connectivity index (χ3n) is 10.4. The number of aromatic nitrogens is 4. The van der Waals surface area contributed by atoms with Gasteiger partial charge in [0.1, 0.15) is 5.82 Å². The zero-order chi connectivity index (χ0) is 33.5. The van der Waals surface area contributed by atoms with Crippen molar-refractivity contribution in [2.45, 2.75) is 92.4 Å². The number of para-hydroxylation sites is 1. The predicted molar refractivity (Wildman–Crippen MR) is 197 cm³/mol. The van der Waals surface area contributed by atoms with E-state index in [1.165, 1.54) is 47.0 Å². The van der Waals surface area contributed by atoms with E-state index in [4.69, 9.17) is 14.8 Å². The maximum atomic E-state index is 6.64. The van der Waals surface area contributed by atoms with E-state index in [0.717, 1.165) is 46.5 Å². The summed E-state index contributed by atoms with van der Waals surface area (Å²) in [7, 11) is 0. The molecule has 0 aliphatic heterocycles. The molecular formula is C43H46N4OPt. The van der Waals surface area contributed by atoms with Crippen molar-refractivity contribution in [1.82, 2.24) is 19.3 Å². The Morgan fingerprint density at radius 3 is 2.49 bits per heavy atom. The van der Waals surface area contributed by atoms with E-state index in [0.29, 0.717) is 29.3 Å². The molecule has 0 fully saturated rings. The number of hydrogen-bond donors (Lipinski definition) is 0. The van der Waals surface area contributed by atoms with Gasteiger partial charge in [0.2, 0.25) is 0 Å². The van der Waals surface area contributed by atoms with E-state index >= 15 is 0 Å². The summed E-state index contributed by atoms with van der Waals surface area (Å²) in [5.41, 5.74) is 10.6. The van der Waals surface area contributed by atoms with Crippen molar-refractivity contribution in [2.24, 2.45) is 5.92 Å². The summed E-state index contributed by atoms with van der Waals surface area (Å²) in [5.74, 6) is 3.56. The Morgan fingerprint density at radius 1 is 0.918 bits per heavy atom. The Hall–Kier alpha value is -3.95. The molecule has 0 N–H and O–H groups in total. The summed E-state index contributed by atoms with van der Waals surface area (Å²) in [6, 6.07) is 28.4. The second-order valence-electron chi connectivity index (χ2n) is 13.6. The van der Waals surface area contributed by atoms with Crippen LogP contribution in [0.1, 0.15) is 100 Å². The molecule has 1 aliphatic carbocycles. The Morgan fingerprint density at radius 2 is 1.73 bits per heavy atom. The largest absolute Gasteiger partial charge is 2.00 e. The zero-order valence-electron chi connectivity index (χ0n) is 29.7. The smallest absolute Gasteiger partial charge is 0.509 e. The summed E-state index contributed by atoms with van der Waals surface area (Å²) in [4.78, 5) is 4.77. The SMILES string of the molecule is CCC1=CCC[C@H](CC)C1c1c(C)nn(-c2[c-]c(Oc3[c-]c4c(cc3)c3ccccc3n4-c3cc(CC)ccn3)cc(C(C)C)c2)c1C.[Pt+2]. The number of rotatable bonds is 9. The van der Waals surface area contributed by atoms with Crippen LogP contribution in [-0.2, 0) is 27.5 Å². The van der Waals surface area contributed by atoms with Crippen LogP contribution in [0.25, 0.3) is 33.3 Å². The molecule has 3 heterocycles. The summed E-state index contributed by atoms with van der Waals surface area (Å²) < 4.78 is 10.9. The van der Waals surface area contributed by atoms with Crippen LogP contribution in [0.4, 0.5) is 0 Å². The van der Waals surface area contributed by atoms with Crippen molar-refractivity contribution in [1.29, 1.82) is 0 Å². The molecule has 5 nitrogen and oxygen atoms in total. The van der Waals surface area contributed by atoms with E-state index in [2.05, 4.69) is 131 Å². The van der Waals surface area contributed by atoms with Gasteiger partial charge in [-0.05, 0) is 86.2 Å². The fourth-order valence-corrected chi connectivity index (χ4v) is 7.79. The van der Waals surface area contributed by atoms with E-state index in [-0.39, 0.29) is 21.1 Å². The average Bonchev–Trinajstić information content (AvgIpc) is 3.59. The van der Waals surface area contributed by atoms with Gasteiger partial charge in [-0.3, -0.25) is 4.68 Å². The Bertz CT molecular complexity index is 2150. The average molecular weight is 830 g/mol. The number of ether oxygens (including phenoxy) is 1. The third kappa shape index (κ3) is 6.43. The fraction of sp³-hybridized carbons (Fsp3) is 0.349. The first-order valence-corrected chi connectivity index (χ1v) is 17.7. The topological polar surface area (TPSA) is 44.9 Å². The molecule has 0 saturated carbocycles. The van der Waals surface area contributed by atoms with E-state index in [9.17, 15) is 0 Å². The van der Waals surface area contributed by atoms with Crippen LogP contribution < -0.4 is 4.74 Å². The van der Waals surface area contributed by atoms with Gasteiger partial charge < -0.3 is 9.30 Å². The van der Waals surface area contributed by atoms with Gasteiger partial charge in [-0.25, -0.2) is 4.98 Å². The van der Waals surface area contributed by atoms with E-state index in [1.54, 1.807) is 5.57 Å². The van der Waals surface area contributed by atoms with E-state index < -0.39 is 0 Å². The summed E-state index contributed by atoms with van der Waals surface area (Å²) in [6.07, 6.45) is 10.00. The second-order valence-corrected chi connectivity index (χ2v) is 13.6. The number of aryl methyl sites for hydroxylation is 2. The summed E-state index contributed by atoms with van der Waals surface area (Å²) in [5, 5.41) is 7.43. The van der Waals surface area contributed by atoms with Gasteiger partial charge in [-0.2, -0.15) is 11.2 Å². The molecule has 0 amide bonds. The number of fused-ring (bicyclic) bond motifs is 3. The van der Waals surface area contributed by atoms with Gasteiger partial charge in [0, 0.05) is 40.4 Å². The fourth-order valence-electron chi connectivity index (χ4n) is 7.79. The molecule has 6 aromatic rings. The maximum Gasteiger partial charge on any atom is 2.00 e. The molecule has 6 heteroatoms. The van der Waals surface area contributed by atoms with Gasteiger partial charge in [0.15, 0.2) is 0 Å². The molecule has 7 rings (SSSR count). The van der Waals surface area contributed by atoms with Crippen LogP contribution >= 0.6 is 0 Å². The number of benzene rings is 3. The van der Waals surface area contributed by atoms with Gasteiger partial charge in [0.05, 0.1) is 5.69 Å². The van der Waals surface area contributed by atoms with Gasteiger partial charge in [-0.15, -0.1) is 41.3 Å². The van der Waals surface area contributed by atoms with Crippen LogP contribution in [-0.4, -0.2) is 19.3 Å². The molecule has 1 aliphatic rings. The van der Waals surface area contributed by atoms with Gasteiger partial charge in [0.25, 0.3) is 0 Å². The van der Waals surface area contributed by atoms with Crippen molar-refractivity contribution < 1.29 is 25.8 Å². The van der Waals surface area contributed by atoms with Gasteiger partial charge >= 0.3 is 21.1 Å². The number of hydrogen-bond acceptors (Lipinski definition) is 3. The molecule has 3 aromatic carbocycles. The first-order valence-electron chi connectivity index (χ1n) is 17.7. The summed E-state index contributed by atoms with van der Waals surface area (Å²) in [6.45, 7) is 15.6. The quantitative estimate of drug-likeness (QED) is 0.108. The number of nitrogens with zero attached hydrogens (tertiary/aromatic N) is 4. The van der Waals surface area contributed by atoms with Crippen molar-refractivity contribution >= 4 is 21.8 Å². The normalized spacial score (nSPS) is 16.3. The van der Waals surface area contributed by atoms with Crippen LogP contribution in [0.5, 0.6) is 11.5 Å². The molecule has 0 saturated heterocycles. The van der Waals surface area contributed by atoms with Crippen molar-refractivity contribution in [3.05, 3.63) is 119 Å².